The number of carbonyl (C=O) groups excluding carboxylic acids is 1. The summed E-state index contributed by atoms with van der Waals surface area (Å²) in [4.78, 5) is 34.6. The first-order valence-corrected chi connectivity index (χ1v) is 12.8. The number of nitrogens with zero attached hydrogens (tertiary/aromatic N) is 5. The Hall–Kier alpha value is -3.49. The quantitative estimate of drug-likeness (QED) is 0.501. The fourth-order valence-electron chi connectivity index (χ4n) is 5.70. The van der Waals surface area contributed by atoms with Crippen LogP contribution in [0.5, 0.6) is 0 Å². The molecule has 2 aliphatic rings. The van der Waals surface area contributed by atoms with E-state index >= 15 is 0 Å². The highest BCUT2D eigenvalue weighted by atomic mass is 16.6. The number of aliphatic hydroxyl groups is 1. The Morgan fingerprint density at radius 3 is 2.67 bits per heavy atom. The number of hydrogen-bond donors (Lipinski definition) is 1. The Morgan fingerprint density at radius 1 is 1.17 bits per heavy atom. The Labute approximate surface area is 209 Å². The van der Waals surface area contributed by atoms with Crippen LogP contribution in [0.4, 0.5) is 0 Å². The number of rotatable bonds is 7. The second-order valence-electron chi connectivity index (χ2n) is 10.2. The summed E-state index contributed by atoms with van der Waals surface area (Å²) in [6.45, 7) is 6.29. The lowest BCUT2D eigenvalue weighted by Crippen LogP contribution is -2.47. The normalized spacial score (nSPS) is 20.9. The van der Waals surface area contributed by atoms with Crippen molar-refractivity contribution in [3.8, 4) is 0 Å². The van der Waals surface area contributed by atoms with Crippen LogP contribution in [0, 0.1) is 19.8 Å². The summed E-state index contributed by atoms with van der Waals surface area (Å²) < 4.78 is 9.53. The smallest absolute Gasteiger partial charge is 0.338 e. The van der Waals surface area contributed by atoms with Crippen LogP contribution < -0.4 is 5.56 Å². The van der Waals surface area contributed by atoms with E-state index in [-0.39, 0.29) is 35.7 Å². The van der Waals surface area contributed by atoms with Gasteiger partial charge in [-0.25, -0.2) is 14.3 Å². The maximum Gasteiger partial charge on any atom is 0.338 e. The van der Waals surface area contributed by atoms with Gasteiger partial charge < -0.3 is 14.4 Å². The lowest BCUT2D eigenvalue weighted by Gasteiger charge is -2.41. The van der Waals surface area contributed by atoms with Gasteiger partial charge in [-0.05, 0) is 50.7 Å². The van der Waals surface area contributed by atoms with Crippen molar-refractivity contribution in [3.63, 3.8) is 0 Å². The average Bonchev–Trinajstić information content (AvgIpc) is 3.52. The molecule has 0 aromatic carbocycles. The number of aliphatic hydroxyl groups excluding tert-OH is 1. The van der Waals surface area contributed by atoms with Crippen LogP contribution in [0.1, 0.15) is 68.2 Å². The molecule has 1 atom stereocenters. The molecule has 5 rings (SSSR count). The van der Waals surface area contributed by atoms with Crippen LogP contribution in [-0.4, -0.2) is 40.8 Å². The summed E-state index contributed by atoms with van der Waals surface area (Å²) >= 11 is 0. The van der Waals surface area contributed by atoms with E-state index < -0.39 is 11.6 Å². The molecule has 0 amide bonds. The molecule has 1 N–H and O–H groups in total. The Balaban J connectivity index is 1.42. The first-order chi connectivity index (χ1) is 17.3. The van der Waals surface area contributed by atoms with Crippen molar-refractivity contribution in [2.75, 3.05) is 0 Å². The van der Waals surface area contributed by atoms with Gasteiger partial charge in [0.15, 0.2) is 5.82 Å². The third kappa shape index (κ3) is 4.54. The molecule has 3 aromatic rings. The lowest BCUT2D eigenvalue weighted by atomic mass is 9.77. The third-order valence-corrected chi connectivity index (χ3v) is 7.68. The highest BCUT2D eigenvalue weighted by Gasteiger charge is 2.48. The summed E-state index contributed by atoms with van der Waals surface area (Å²) in [5, 5.41) is 15.6. The number of fused-ring (bicyclic) bond motifs is 1. The van der Waals surface area contributed by atoms with Gasteiger partial charge in [-0.3, -0.25) is 4.79 Å². The number of cyclic esters (lactones) is 1. The second kappa shape index (κ2) is 9.52. The molecule has 1 saturated carbocycles. The number of pyridine rings is 1. The van der Waals surface area contributed by atoms with Crippen LogP contribution in [-0.2, 0) is 28.9 Å². The Morgan fingerprint density at radius 2 is 1.94 bits per heavy atom. The topological polar surface area (TPSA) is 112 Å². The van der Waals surface area contributed by atoms with Crippen molar-refractivity contribution in [3.05, 3.63) is 68.9 Å². The second-order valence-corrected chi connectivity index (χ2v) is 10.2. The van der Waals surface area contributed by atoms with E-state index in [2.05, 4.69) is 15.1 Å². The number of carbonyl (C=O) groups is 1. The SMILES string of the molecule is CCc1ccc(=O)n(CCC2(C3CCCC3)CC(O)=C(Cc3nc4nc(C)cc(C)n4n3)C(=O)O2)c1. The van der Waals surface area contributed by atoms with Gasteiger partial charge >= 0.3 is 5.97 Å². The number of hydrogen-bond acceptors (Lipinski definition) is 7. The number of esters is 1. The zero-order valence-corrected chi connectivity index (χ0v) is 21.2. The molecule has 190 valence electrons. The van der Waals surface area contributed by atoms with Gasteiger partial charge in [0.25, 0.3) is 11.3 Å². The van der Waals surface area contributed by atoms with Gasteiger partial charge in [0.05, 0.1) is 5.57 Å². The molecule has 36 heavy (non-hydrogen) atoms. The maximum atomic E-state index is 13.3. The van der Waals surface area contributed by atoms with Crippen LogP contribution in [0.15, 0.2) is 40.5 Å². The van der Waals surface area contributed by atoms with Gasteiger partial charge in [0.1, 0.15) is 11.4 Å². The predicted octanol–water partition coefficient (Wildman–Crippen LogP) is 3.79. The molecule has 3 aromatic heterocycles. The van der Waals surface area contributed by atoms with E-state index in [9.17, 15) is 14.7 Å². The predicted molar refractivity (Wildman–Crippen MR) is 134 cm³/mol. The van der Waals surface area contributed by atoms with Crippen LogP contribution in [0.25, 0.3) is 5.78 Å². The van der Waals surface area contributed by atoms with Crippen molar-refractivity contribution in [2.24, 2.45) is 5.92 Å². The standard InChI is InChI=1S/C27H33N5O4/c1-4-19-9-10-24(34)31(16-19)12-11-27(20-7-5-6-8-20)15-22(33)21(25(35)36-27)14-23-29-26-28-17(2)13-18(3)32(26)30-23/h9-10,13,16,20,33H,4-8,11-12,14-15H2,1-3H3. The van der Waals surface area contributed by atoms with Gasteiger partial charge in [-0.1, -0.05) is 25.8 Å². The largest absolute Gasteiger partial charge is 0.512 e. The van der Waals surface area contributed by atoms with Crippen molar-refractivity contribution in [1.29, 1.82) is 0 Å². The van der Waals surface area contributed by atoms with Crippen LogP contribution >= 0.6 is 0 Å². The monoisotopic (exact) mass is 491 g/mol. The summed E-state index contributed by atoms with van der Waals surface area (Å²) in [6, 6.07) is 5.34. The molecule has 0 spiro atoms. The van der Waals surface area contributed by atoms with E-state index in [0.29, 0.717) is 24.6 Å². The van der Waals surface area contributed by atoms with Gasteiger partial charge in [0.2, 0.25) is 0 Å². The van der Waals surface area contributed by atoms with Gasteiger partial charge in [-0.15, -0.1) is 5.10 Å². The first kappa shape index (κ1) is 24.2. The van der Waals surface area contributed by atoms with Crippen molar-refractivity contribution < 1.29 is 14.6 Å². The first-order valence-electron chi connectivity index (χ1n) is 12.8. The molecule has 9 heteroatoms. The molecule has 1 fully saturated rings. The lowest BCUT2D eigenvalue weighted by molar-refractivity contribution is -0.168. The Bertz CT molecular complexity index is 1400. The van der Waals surface area contributed by atoms with E-state index in [0.717, 1.165) is 49.1 Å². The summed E-state index contributed by atoms with van der Waals surface area (Å²) in [5.41, 5.74) is 2.10. The number of aryl methyl sites for hydroxylation is 4. The number of ether oxygens (including phenoxy) is 1. The van der Waals surface area contributed by atoms with Gasteiger partial charge in [-0.2, -0.15) is 4.98 Å². The van der Waals surface area contributed by atoms with Gasteiger partial charge in [0, 0.05) is 49.5 Å². The van der Waals surface area contributed by atoms with Crippen LogP contribution in [0.2, 0.25) is 0 Å². The molecule has 0 radical (unpaired) electrons. The summed E-state index contributed by atoms with van der Waals surface area (Å²) in [7, 11) is 0. The van der Waals surface area contributed by atoms with E-state index in [4.69, 9.17) is 4.74 Å². The van der Waals surface area contributed by atoms with Crippen molar-refractivity contribution in [2.45, 2.75) is 84.3 Å². The fraction of sp³-hybridized carbons (Fsp3) is 0.519. The molecule has 1 aliphatic heterocycles. The third-order valence-electron chi connectivity index (χ3n) is 7.68. The summed E-state index contributed by atoms with van der Waals surface area (Å²) in [5.74, 6) is 0.531. The maximum absolute atomic E-state index is 13.3. The minimum Gasteiger partial charge on any atom is -0.512 e. The minimum atomic E-state index is -0.829. The zero-order chi connectivity index (χ0) is 25.4. The average molecular weight is 492 g/mol. The number of aromatic nitrogens is 5. The minimum absolute atomic E-state index is 0.0347. The molecule has 9 nitrogen and oxygen atoms in total. The highest BCUT2D eigenvalue weighted by Crippen LogP contribution is 2.45. The highest BCUT2D eigenvalue weighted by molar-refractivity contribution is 5.90. The molecular formula is C27H33N5O4. The van der Waals surface area contributed by atoms with E-state index in [1.165, 1.54) is 0 Å². The van der Waals surface area contributed by atoms with Crippen molar-refractivity contribution in [1.82, 2.24) is 24.1 Å². The molecule has 0 bridgehead atoms. The summed E-state index contributed by atoms with van der Waals surface area (Å²) in [6.07, 6.45) is 7.53. The molecule has 1 aliphatic carbocycles. The molecule has 1 unspecified atom stereocenters. The fourth-order valence-corrected chi connectivity index (χ4v) is 5.70. The van der Waals surface area contributed by atoms with E-state index in [1.54, 1.807) is 15.1 Å². The molecular weight excluding hydrogens is 458 g/mol. The van der Waals surface area contributed by atoms with Crippen molar-refractivity contribution >= 4 is 11.7 Å². The van der Waals surface area contributed by atoms with E-state index in [1.807, 2.05) is 39.1 Å². The zero-order valence-electron chi connectivity index (χ0n) is 21.2. The Kier molecular flexibility index (Phi) is 6.40. The molecule has 0 saturated heterocycles. The molecule has 4 heterocycles. The van der Waals surface area contributed by atoms with Crippen LogP contribution in [0.3, 0.4) is 0 Å².